The molecular formula is C24H29ClN2O7. The molecule has 10 heteroatoms. The maximum absolute atomic E-state index is 12.7. The lowest BCUT2D eigenvalue weighted by Gasteiger charge is -2.29. The summed E-state index contributed by atoms with van der Waals surface area (Å²) < 4.78 is 21.6. The van der Waals surface area contributed by atoms with E-state index in [9.17, 15) is 14.4 Å². The van der Waals surface area contributed by atoms with Gasteiger partial charge < -0.3 is 24.3 Å². The summed E-state index contributed by atoms with van der Waals surface area (Å²) in [6, 6.07) is 9.66. The van der Waals surface area contributed by atoms with Crippen LogP contribution < -0.4 is 14.8 Å². The second-order valence-corrected chi connectivity index (χ2v) is 8.25. The van der Waals surface area contributed by atoms with Gasteiger partial charge in [0.05, 0.1) is 5.02 Å². The highest BCUT2D eigenvalue weighted by Crippen LogP contribution is 2.27. The Labute approximate surface area is 203 Å². The van der Waals surface area contributed by atoms with Gasteiger partial charge in [-0.3, -0.25) is 9.59 Å². The first-order chi connectivity index (χ1) is 16.1. The van der Waals surface area contributed by atoms with Crippen molar-refractivity contribution in [3.63, 3.8) is 0 Å². The van der Waals surface area contributed by atoms with Crippen LogP contribution in [0.15, 0.2) is 42.6 Å². The Kier molecular flexibility index (Phi) is 10.1. The molecule has 1 amide bonds. The predicted molar refractivity (Wildman–Crippen MR) is 125 cm³/mol. The standard InChI is InChI=1S/C24H29ClN2O7/c1-14(2)21(34-18-9-7-6-8-10-18)16(4)33-24(30)15(3)27-23(29)20-22(19(25)11-12-26-20)32-13-31-17(5)28/h6-12,14-16,21H,13H2,1-5H3,(H,27,29)/t15-,16-,21+/m0/s1. The van der Waals surface area contributed by atoms with E-state index >= 15 is 0 Å². The second kappa shape index (κ2) is 12.8. The SMILES string of the molecule is CC(=O)OCOc1c(Cl)ccnc1C(=O)N[C@@H](C)C(=O)O[C@@H](C)[C@H](Oc1ccccc1)C(C)C. The molecule has 0 aliphatic heterocycles. The number of nitrogens with zero attached hydrogens (tertiary/aromatic N) is 1. The highest BCUT2D eigenvalue weighted by atomic mass is 35.5. The molecule has 1 heterocycles. The van der Waals surface area contributed by atoms with Crippen molar-refractivity contribution in [3.8, 4) is 11.5 Å². The van der Waals surface area contributed by atoms with Gasteiger partial charge in [-0.15, -0.1) is 0 Å². The van der Waals surface area contributed by atoms with Crippen LogP contribution in [0.5, 0.6) is 11.5 Å². The Balaban J connectivity index is 2.02. The largest absolute Gasteiger partial charge is 0.486 e. The average Bonchev–Trinajstić information content (AvgIpc) is 2.78. The molecule has 0 bridgehead atoms. The fourth-order valence-electron chi connectivity index (χ4n) is 3.00. The maximum atomic E-state index is 12.7. The van der Waals surface area contributed by atoms with Crippen LogP contribution >= 0.6 is 11.6 Å². The first-order valence-corrected chi connectivity index (χ1v) is 11.1. The molecule has 1 aromatic carbocycles. The number of para-hydroxylation sites is 1. The van der Waals surface area contributed by atoms with Gasteiger partial charge in [-0.25, -0.2) is 9.78 Å². The number of amides is 1. The van der Waals surface area contributed by atoms with E-state index in [-0.39, 0.29) is 22.4 Å². The van der Waals surface area contributed by atoms with Crippen LogP contribution in [0, 0.1) is 5.92 Å². The summed E-state index contributed by atoms with van der Waals surface area (Å²) in [6.07, 6.45) is 0.332. The van der Waals surface area contributed by atoms with E-state index in [4.69, 9.17) is 30.5 Å². The summed E-state index contributed by atoms with van der Waals surface area (Å²) in [7, 11) is 0. The molecule has 0 spiro atoms. The zero-order valence-electron chi connectivity index (χ0n) is 19.7. The predicted octanol–water partition coefficient (Wildman–Crippen LogP) is 3.79. The van der Waals surface area contributed by atoms with Gasteiger partial charge >= 0.3 is 11.9 Å². The van der Waals surface area contributed by atoms with E-state index in [0.29, 0.717) is 5.75 Å². The molecule has 0 radical (unpaired) electrons. The highest BCUT2D eigenvalue weighted by Gasteiger charge is 2.29. The Morgan fingerprint density at radius 1 is 1.06 bits per heavy atom. The molecule has 1 aromatic heterocycles. The van der Waals surface area contributed by atoms with Crippen LogP contribution in [-0.2, 0) is 19.1 Å². The Bertz CT molecular complexity index is 985. The molecule has 0 aliphatic carbocycles. The summed E-state index contributed by atoms with van der Waals surface area (Å²) in [4.78, 5) is 40.3. The lowest BCUT2D eigenvalue weighted by molar-refractivity contribution is -0.156. The van der Waals surface area contributed by atoms with E-state index in [2.05, 4.69) is 10.3 Å². The van der Waals surface area contributed by atoms with Crippen LogP contribution in [0.4, 0.5) is 0 Å². The summed E-state index contributed by atoms with van der Waals surface area (Å²) in [5, 5.41) is 2.61. The Morgan fingerprint density at radius 3 is 2.35 bits per heavy atom. The Morgan fingerprint density at radius 2 is 1.74 bits per heavy atom. The topological polar surface area (TPSA) is 113 Å². The van der Waals surface area contributed by atoms with E-state index in [1.54, 1.807) is 6.92 Å². The van der Waals surface area contributed by atoms with E-state index < -0.39 is 42.9 Å². The fraction of sp³-hybridized carbons (Fsp3) is 0.417. The molecule has 3 atom stereocenters. The highest BCUT2D eigenvalue weighted by molar-refractivity contribution is 6.32. The van der Waals surface area contributed by atoms with Gasteiger partial charge in [0, 0.05) is 13.1 Å². The number of hydrogen-bond acceptors (Lipinski definition) is 8. The molecule has 2 aromatic rings. The average molecular weight is 493 g/mol. The quantitative estimate of drug-likeness (QED) is 0.372. The van der Waals surface area contributed by atoms with Crippen molar-refractivity contribution in [1.29, 1.82) is 0 Å². The minimum Gasteiger partial charge on any atom is -0.486 e. The van der Waals surface area contributed by atoms with Gasteiger partial charge in [0.25, 0.3) is 5.91 Å². The van der Waals surface area contributed by atoms with Gasteiger partial charge in [-0.05, 0) is 38.0 Å². The number of nitrogens with one attached hydrogen (secondary N) is 1. The Hall–Kier alpha value is -3.33. The summed E-state index contributed by atoms with van der Waals surface area (Å²) in [5.74, 6) is -1.27. The zero-order valence-corrected chi connectivity index (χ0v) is 20.5. The van der Waals surface area contributed by atoms with Crippen molar-refractivity contribution >= 4 is 29.4 Å². The van der Waals surface area contributed by atoms with Crippen LogP contribution in [0.2, 0.25) is 5.02 Å². The maximum Gasteiger partial charge on any atom is 0.328 e. The number of esters is 2. The molecule has 2 rings (SSSR count). The van der Waals surface area contributed by atoms with Gasteiger partial charge in [0.2, 0.25) is 6.79 Å². The van der Waals surface area contributed by atoms with Crippen LogP contribution in [0.1, 0.15) is 45.1 Å². The third kappa shape index (κ3) is 7.91. The van der Waals surface area contributed by atoms with Gasteiger partial charge in [-0.2, -0.15) is 0 Å². The summed E-state index contributed by atoms with van der Waals surface area (Å²) in [5.41, 5.74) is -0.167. The van der Waals surface area contributed by atoms with Gasteiger partial charge in [0.15, 0.2) is 11.4 Å². The number of carbonyl (C=O) groups excluding carboxylic acids is 3. The van der Waals surface area contributed by atoms with Crippen LogP contribution in [0.25, 0.3) is 0 Å². The van der Waals surface area contributed by atoms with Crippen molar-refractivity contribution in [2.24, 2.45) is 5.92 Å². The third-order valence-electron chi connectivity index (χ3n) is 4.68. The molecule has 0 unspecified atom stereocenters. The van der Waals surface area contributed by atoms with Crippen molar-refractivity contribution < 1.29 is 33.3 Å². The van der Waals surface area contributed by atoms with Crippen LogP contribution in [0.3, 0.4) is 0 Å². The van der Waals surface area contributed by atoms with Crippen molar-refractivity contribution in [2.75, 3.05) is 6.79 Å². The molecule has 0 saturated heterocycles. The first-order valence-electron chi connectivity index (χ1n) is 10.7. The number of rotatable bonds is 11. The minimum atomic E-state index is -0.999. The van der Waals surface area contributed by atoms with E-state index in [1.165, 1.54) is 26.1 Å². The molecular weight excluding hydrogens is 464 g/mol. The van der Waals surface area contributed by atoms with Gasteiger partial charge in [-0.1, -0.05) is 43.6 Å². The van der Waals surface area contributed by atoms with Crippen LogP contribution in [-0.4, -0.2) is 47.9 Å². The number of carbonyl (C=O) groups is 3. The summed E-state index contributed by atoms with van der Waals surface area (Å²) >= 11 is 6.10. The second-order valence-electron chi connectivity index (χ2n) is 7.85. The van der Waals surface area contributed by atoms with Crippen molar-refractivity contribution in [2.45, 2.75) is 52.9 Å². The number of ether oxygens (including phenoxy) is 4. The third-order valence-corrected chi connectivity index (χ3v) is 4.97. The van der Waals surface area contributed by atoms with Crippen molar-refractivity contribution in [1.82, 2.24) is 10.3 Å². The van der Waals surface area contributed by atoms with E-state index in [0.717, 1.165) is 0 Å². The van der Waals surface area contributed by atoms with E-state index in [1.807, 2.05) is 44.2 Å². The lowest BCUT2D eigenvalue weighted by atomic mass is 10.0. The number of halogens is 1. The normalized spacial score (nSPS) is 13.4. The molecule has 1 N–H and O–H groups in total. The molecule has 0 aliphatic rings. The fourth-order valence-corrected chi connectivity index (χ4v) is 3.20. The molecule has 184 valence electrons. The smallest absolute Gasteiger partial charge is 0.328 e. The van der Waals surface area contributed by atoms with Gasteiger partial charge in [0.1, 0.15) is 24.0 Å². The number of benzene rings is 1. The summed E-state index contributed by atoms with van der Waals surface area (Å²) in [6.45, 7) is 7.91. The molecule has 0 fully saturated rings. The monoisotopic (exact) mass is 492 g/mol. The number of aromatic nitrogens is 1. The van der Waals surface area contributed by atoms with Crippen molar-refractivity contribution in [3.05, 3.63) is 53.3 Å². The molecule has 34 heavy (non-hydrogen) atoms. The zero-order chi connectivity index (χ0) is 25.3. The molecule has 0 saturated carbocycles. The lowest BCUT2D eigenvalue weighted by Crippen LogP contribution is -2.44. The number of pyridine rings is 1. The molecule has 9 nitrogen and oxygen atoms in total. The number of hydrogen-bond donors (Lipinski definition) is 1. The first kappa shape index (κ1) is 26.9. The minimum absolute atomic E-state index is 0.0560.